The summed E-state index contributed by atoms with van der Waals surface area (Å²) in [5.74, 6) is 0. The molecule has 2 aliphatic rings. The maximum atomic E-state index is 2.61. The predicted octanol–water partition coefficient (Wildman–Crippen LogP) is 5.38. The summed E-state index contributed by atoms with van der Waals surface area (Å²) in [7, 11) is 0. The molecule has 1 unspecified atom stereocenters. The van der Waals surface area contributed by atoms with E-state index in [4.69, 9.17) is 0 Å². The van der Waals surface area contributed by atoms with Gasteiger partial charge in [-0.15, -0.1) is 11.8 Å². The Kier molecular flexibility index (Phi) is 5.93. The van der Waals surface area contributed by atoms with Crippen LogP contribution in [0.3, 0.4) is 0 Å². The first-order valence-corrected chi connectivity index (χ1v) is 8.54. The molecule has 0 spiro atoms. The summed E-state index contributed by atoms with van der Waals surface area (Å²) >= 11 is 1.93. The number of allylic oxidation sites excluding steroid dienone is 1. The van der Waals surface area contributed by atoms with Crippen LogP contribution in [0, 0.1) is 0 Å². The molecule has 0 saturated heterocycles. The average Bonchev–Trinajstić information content (AvgIpc) is 2.56. The lowest BCUT2D eigenvalue weighted by molar-refractivity contribution is 0.221. The summed E-state index contributed by atoms with van der Waals surface area (Å²) in [6.07, 6.45) is 4.67. The standard InChI is InChI=1S/C16H19NS.C2H6/c1-13(14-6-3-2-4-7-14)17-10-9-16-15(12-17)8-5-11-18-16;1-2/h2-7,11,13H,8-10,12H2,1H3;1-2H3. The number of benzene rings is 1. The molecule has 1 nitrogen and oxygen atoms in total. The molecule has 0 radical (unpaired) electrons. The van der Waals surface area contributed by atoms with E-state index in [-0.39, 0.29) is 0 Å². The quantitative estimate of drug-likeness (QED) is 0.718. The summed E-state index contributed by atoms with van der Waals surface area (Å²) in [5, 5.41) is 2.25. The molecular formula is C18H25NS. The summed E-state index contributed by atoms with van der Waals surface area (Å²) in [6, 6.07) is 11.4. The topological polar surface area (TPSA) is 3.24 Å². The highest BCUT2D eigenvalue weighted by molar-refractivity contribution is 8.05. The van der Waals surface area contributed by atoms with Crippen molar-refractivity contribution in [3.8, 4) is 0 Å². The lowest BCUT2D eigenvalue weighted by Crippen LogP contribution is -2.34. The second kappa shape index (κ2) is 7.70. The molecule has 20 heavy (non-hydrogen) atoms. The van der Waals surface area contributed by atoms with Crippen molar-refractivity contribution in [2.45, 2.75) is 39.7 Å². The largest absolute Gasteiger partial charge is 0.292 e. The Labute approximate surface area is 127 Å². The van der Waals surface area contributed by atoms with Crippen molar-refractivity contribution >= 4 is 11.8 Å². The molecule has 1 aromatic carbocycles. The third kappa shape index (κ3) is 3.56. The van der Waals surface area contributed by atoms with E-state index in [0.29, 0.717) is 6.04 Å². The number of rotatable bonds is 2. The molecule has 2 aliphatic heterocycles. The van der Waals surface area contributed by atoms with Crippen molar-refractivity contribution in [3.63, 3.8) is 0 Å². The highest BCUT2D eigenvalue weighted by atomic mass is 32.2. The van der Waals surface area contributed by atoms with Gasteiger partial charge in [0.05, 0.1) is 0 Å². The first-order chi connectivity index (χ1) is 9.84. The molecule has 0 N–H and O–H groups in total. The van der Waals surface area contributed by atoms with Crippen LogP contribution >= 0.6 is 11.8 Å². The molecule has 108 valence electrons. The van der Waals surface area contributed by atoms with Gasteiger partial charge in [-0.3, -0.25) is 4.90 Å². The third-order valence-corrected chi connectivity index (χ3v) is 5.02. The van der Waals surface area contributed by atoms with E-state index >= 15 is 0 Å². The fourth-order valence-corrected chi connectivity index (χ4v) is 3.63. The second-order valence-electron chi connectivity index (χ2n) is 5.03. The van der Waals surface area contributed by atoms with E-state index in [0.717, 1.165) is 13.0 Å². The SMILES string of the molecule is CC.CC(c1ccccc1)N1CCC2=C(CC=CS2)C1. The minimum Gasteiger partial charge on any atom is -0.292 e. The van der Waals surface area contributed by atoms with Crippen LogP contribution in [0.1, 0.15) is 45.2 Å². The Balaban J connectivity index is 0.000000704. The summed E-state index contributed by atoms with van der Waals surface area (Å²) < 4.78 is 0. The molecule has 2 heterocycles. The fraction of sp³-hybridized carbons (Fsp3) is 0.444. The van der Waals surface area contributed by atoms with Gasteiger partial charge < -0.3 is 0 Å². The van der Waals surface area contributed by atoms with Gasteiger partial charge in [0, 0.05) is 19.1 Å². The molecule has 0 saturated carbocycles. The van der Waals surface area contributed by atoms with Gasteiger partial charge in [0.1, 0.15) is 0 Å². The maximum Gasteiger partial charge on any atom is 0.0323 e. The van der Waals surface area contributed by atoms with Crippen LogP contribution in [0.4, 0.5) is 0 Å². The molecule has 0 bridgehead atoms. The van der Waals surface area contributed by atoms with E-state index < -0.39 is 0 Å². The maximum absolute atomic E-state index is 2.61. The monoisotopic (exact) mass is 287 g/mol. The minimum atomic E-state index is 0.524. The first-order valence-electron chi connectivity index (χ1n) is 7.66. The average molecular weight is 287 g/mol. The zero-order valence-electron chi connectivity index (χ0n) is 12.8. The predicted molar refractivity (Wildman–Crippen MR) is 90.8 cm³/mol. The van der Waals surface area contributed by atoms with Crippen molar-refractivity contribution in [3.05, 3.63) is 57.9 Å². The Morgan fingerprint density at radius 3 is 2.65 bits per heavy atom. The van der Waals surface area contributed by atoms with Gasteiger partial charge in [0.25, 0.3) is 0 Å². The fourth-order valence-electron chi connectivity index (χ4n) is 2.75. The molecule has 1 aromatic rings. The highest BCUT2D eigenvalue weighted by Crippen LogP contribution is 2.36. The van der Waals surface area contributed by atoms with Crippen molar-refractivity contribution in [2.75, 3.05) is 13.1 Å². The molecule has 3 rings (SSSR count). The lowest BCUT2D eigenvalue weighted by Gasteiger charge is -2.35. The summed E-state index contributed by atoms with van der Waals surface area (Å²) in [4.78, 5) is 4.22. The zero-order chi connectivity index (χ0) is 14.4. The number of hydrogen-bond acceptors (Lipinski definition) is 2. The van der Waals surface area contributed by atoms with Gasteiger partial charge in [-0.1, -0.05) is 50.3 Å². The number of nitrogens with zero attached hydrogens (tertiary/aromatic N) is 1. The van der Waals surface area contributed by atoms with Crippen molar-refractivity contribution in [2.24, 2.45) is 0 Å². The van der Waals surface area contributed by atoms with Crippen LogP contribution in [0.2, 0.25) is 0 Å². The van der Waals surface area contributed by atoms with Crippen molar-refractivity contribution in [1.82, 2.24) is 4.90 Å². The molecule has 2 heteroatoms. The smallest absolute Gasteiger partial charge is 0.0323 e. The van der Waals surface area contributed by atoms with Gasteiger partial charge >= 0.3 is 0 Å². The normalized spacial score (nSPS) is 19.9. The Bertz CT molecular complexity index is 475. The Morgan fingerprint density at radius 1 is 1.15 bits per heavy atom. The van der Waals surface area contributed by atoms with Crippen molar-refractivity contribution < 1.29 is 0 Å². The first kappa shape index (κ1) is 15.4. The van der Waals surface area contributed by atoms with Gasteiger partial charge in [-0.2, -0.15) is 0 Å². The van der Waals surface area contributed by atoms with Gasteiger partial charge in [0.15, 0.2) is 0 Å². The Hall–Kier alpha value is -0.990. The molecule has 0 aromatic heterocycles. The van der Waals surface area contributed by atoms with Crippen molar-refractivity contribution in [1.29, 1.82) is 0 Å². The van der Waals surface area contributed by atoms with Gasteiger partial charge in [-0.05, 0) is 41.2 Å². The van der Waals surface area contributed by atoms with Crippen LogP contribution in [0.25, 0.3) is 0 Å². The van der Waals surface area contributed by atoms with E-state index in [2.05, 4.69) is 53.6 Å². The lowest BCUT2D eigenvalue weighted by atomic mass is 10.0. The van der Waals surface area contributed by atoms with E-state index in [1.165, 1.54) is 18.5 Å². The molecular weight excluding hydrogens is 262 g/mol. The zero-order valence-corrected chi connectivity index (χ0v) is 13.6. The van der Waals surface area contributed by atoms with Crippen LogP contribution in [0.5, 0.6) is 0 Å². The van der Waals surface area contributed by atoms with Crippen LogP contribution in [0.15, 0.2) is 52.3 Å². The Morgan fingerprint density at radius 2 is 1.90 bits per heavy atom. The van der Waals surface area contributed by atoms with Crippen LogP contribution in [-0.4, -0.2) is 18.0 Å². The summed E-state index contributed by atoms with van der Waals surface area (Å²) in [5.41, 5.74) is 3.07. The van der Waals surface area contributed by atoms with Crippen LogP contribution in [-0.2, 0) is 0 Å². The third-order valence-electron chi connectivity index (χ3n) is 3.91. The van der Waals surface area contributed by atoms with E-state index in [1.54, 1.807) is 10.5 Å². The highest BCUT2D eigenvalue weighted by Gasteiger charge is 2.23. The van der Waals surface area contributed by atoms with Gasteiger partial charge in [0.2, 0.25) is 0 Å². The number of hydrogen-bond donors (Lipinski definition) is 0. The molecule has 1 atom stereocenters. The molecule has 0 fully saturated rings. The van der Waals surface area contributed by atoms with Gasteiger partial charge in [-0.25, -0.2) is 0 Å². The molecule has 0 aliphatic carbocycles. The van der Waals surface area contributed by atoms with E-state index in [1.807, 2.05) is 25.6 Å². The van der Waals surface area contributed by atoms with E-state index in [9.17, 15) is 0 Å². The number of thioether (sulfide) groups is 1. The van der Waals surface area contributed by atoms with Crippen LogP contribution < -0.4 is 0 Å². The molecule has 0 amide bonds. The second-order valence-corrected chi connectivity index (χ2v) is 6.03. The minimum absolute atomic E-state index is 0.524. The summed E-state index contributed by atoms with van der Waals surface area (Å²) in [6.45, 7) is 8.66.